The second kappa shape index (κ2) is 5.67. The van der Waals surface area contributed by atoms with Gasteiger partial charge in [-0.3, -0.25) is 0 Å². The molecule has 2 rings (SSSR count). The molecule has 0 radical (unpaired) electrons. The first-order chi connectivity index (χ1) is 7.66. The number of alkyl halides is 1. The molecule has 0 saturated carbocycles. The van der Waals surface area contributed by atoms with Gasteiger partial charge in [-0.25, -0.2) is 0 Å². The molecule has 4 heteroatoms. The number of hydrogen-bond donors (Lipinski definition) is 0. The number of rotatable bonds is 3. The fraction of sp³-hybridized carbons (Fsp3) is 0.167. The van der Waals surface area contributed by atoms with E-state index < -0.39 is 0 Å². The summed E-state index contributed by atoms with van der Waals surface area (Å²) in [6.07, 6.45) is 0.866. The van der Waals surface area contributed by atoms with Crippen molar-refractivity contribution in [3.05, 3.63) is 55.1 Å². The predicted octanol–water partition coefficient (Wildman–Crippen LogP) is 5.80. The van der Waals surface area contributed by atoms with Crippen LogP contribution in [0.1, 0.15) is 16.5 Å². The van der Waals surface area contributed by atoms with Gasteiger partial charge in [0.2, 0.25) is 0 Å². The van der Waals surface area contributed by atoms with Gasteiger partial charge in [-0.1, -0.05) is 37.9 Å². The SMILES string of the molecule is ClC(Cc1ccsc1)c1ccc(Br)cc1Br. The summed E-state index contributed by atoms with van der Waals surface area (Å²) in [5.74, 6) is 0. The van der Waals surface area contributed by atoms with E-state index in [1.807, 2.05) is 12.1 Å². The zero-order valence-electron chi connectivity index (χ0n) is 8.29. The summed E-state index contributed by atoms with van der Waals surface area (Å²) in [6, 6.07) is 8.21. The van der Waals surface area contributed by atoms with Crippen LogP contribution in [0.4, 0.5) is 0 Å². The molecule has 84 valence electrons. The molecule has 0 fully saturated rings. The topological polar surface area (TPSA) is 0 Å². The lowest BCUT2D eigenvalue weighted by Crippen LogP contribution is -1.95. The van der Waals surface area contributed by atoms with Crippen LogP contribution in [0.25, 0.3) is 0 Å². The minimum absolute atomic E-state index is 0.0112. The molecule has 0 saturated heterocycles. The van der Waals surface area contributed by atoms with Crippen molar-refractivity contribution in [1.29, 1.82) is 0 Å². The van der Waals surface area contributed by atoms with Gasteiger partial charge in [-0.15, -0.1) is 11.6 Å². The Labute approximate surface area is 121 Å². The minimum atomic E-state index is 0.0112. The van der Waals surface area contributed by atoms with E-state index in [0.29, 0.717) is 0 Å². The Morgan fingerprint density at radius 3 is 2.69 bits per heavy atom. The van der Waals surface area contributed by atoms with Crippen molar-refractivity contribution in [3.8, 4) is 0 Å². The van der Waals surface area contributed by atoms with Gasteiger partial charge in [0.25, 0.3) is 0 Å². The van der Waals surface area contributed by atoms with Crippen LogP contribution in [-0.2, 0) is 6.42 Å². The van der Waals surface area contributed by atoms with Crippen LogP contribution in [0.15, 0.2) is 44.0 Å². The molecule has 0 amide bonds. The van der Waals surface area contributed by atoms with E-state index in [1.54, 1.807) is 11.3 Å². The van der Waals surface area contributed by atoms with Gasteiger partial charge < -0.3 is 0 Å². The third-order valence-electron chi connectivity index (χ3n) is 2.29. The largest absolute Gasteiger partial charge is 0.152 e. The van der Waals surface area contributed by atoms with Crippen molar-refractivity contribution in [2.45, 2.75) is 11.8 Å². The van der Waals surface area contributed by atoms with E-state index >= 15 is 0 Å². The van der Waals surface area contributed by atoms with Crippen molar-refractivity contribution in [2.24, 2.45) is 0 Å². The zero-order valence-corrected chi connectivity index (χ0v) is 13.0. The van der Waals surface area contributed by atoms with Crippen LogP contribution < -0.4 is 0 Å². The van der Waals surface area contributed by atoms with Crippen molar-refractivity contribution >= 4 is 54.8 Å². The van der Waals surface area contributed by atoms with E-state index in [2.05, 4.69) is 54.8 Å². The second-order valence-electron chi connectivity index (χ2n) is 3.47. The predicted molar refractivity (Wildman–Crippen MR) is 78.5 cm³/mol. The van der Waals surface area contributed by atoms with E-state index in [9.17, 15) is 0 Å². The Kier molecular flexibility index (Phi) is 4.48. The summed E-state index contributed by atoms with van der Waals surface area (Å²) in [5.41, 5.74) is 2.43. The molecule has 1 aromatic heterocycles. The summed E-state index contributed by atoms with van der Waals surface area (Å²) in [7, 11) is 0. The van der Waals surface area contributed by atoms with Crippen molar-refractivity contribution in [2.75, 3.05) is 0 Å². The maximum atomic E-state index is 6.41. The van der Waals surface area contributed by atoms with Crippen LogP contribution in [0.2, 0.25) is 0 Å². The highest BCUT2D eigenvalue weighted by Gasteiger charge is 2.12. The first-order valence-electron chi connectivity index (χ1n) is 4.77. The molecule has 1 atom stereocenters. The molecule has 0 bridgehead atoms. The van der Waals surface area contributed by atoms with Crippen molar-refractivity contribution in [1.82, 2.24) is 0 Å². The van der Waals surface area contributed by atoms with E-state index in [-0.39, 0.29) is 5.38 Å². The summed E-state index contributed by atoms with van der Waals surface area (Å²) in [5, 5.41) is 4.23. The van der Waals surface area contributed by atoms with Crippen LogP contribution in [0.5, 0.6) is 0 Å². The molecule has 0 aliphatic carbocycles. The molecule has 16 heavy (non-hydrogen) atoms. The highest BCUT2D eigenvalue weighted by molar-refractivity contribution is 9.11. The monoisotopic (exact) mass is 378 g/mol. The van der Waals surface area contributed by atoms with E-state index in [1.165, 1.54) is 5.56 Å². The number of hydrogen-bond acceptors (Lipinski definition) is 1. The summed E-state index contributed by atoms with van der Waals surface area (Å²) in [6.45, 7) is 0. The van der Waals surface area contributed by atoms with Gasteiger partial charge >= 0.3 is 0 Å². The molecule has 2 aromatic rings. The normalized spacial score (nSPS) is 12.7. The molecule has 0 nitrogen and oxygen atoms in total. The van der Waals surface area contributed by atoms with Crippen molar-refractivity contribution < 1.29 is 0 Å². The highest BCUT2D eigenvalue weighted by atomic mass is 79.9. The average molecular weight is 381 g/mol. The van der Waals surface area contributed by atoms with E-state index in [0.717, 1.165) is 20.9 Å². The summed E-state index contributed by atoms with van der Waals surface area (Å²) < 4.78 is 2.11. The van der Waals surface area contributed by atoms with Gasteiger partial charge in [-0.2, -0.15) is 11.3 Å². The first kappa shape index (κ1) is 12.6. The molecular weight excluding hydrogens is 371 g/mol. The van der Waals surface area contributed by atoms with Gasteiger partial charge in [0.15, 0.2) is 0 Å². The molecular formula is C12H9Br2ClS. The fourth-order valence-corrected chi connectivity index (χ4v) is 3.99. The molecule has 1 heterocycles. The Morgan fingerprint density at radius 2 is 2.06 bits per heavy atom. The summed E-state index contributed by atoms with van der Waals surface area (Å²) in [4.78, 5) is 0. The van der Waals surface area contributed by atoms with Gasteiger partial charge in [0.05, 0.1) is 5.38 Å². The van der Waals surface area contributed by atoms with Crippen LogP contribution >= 0.6 is 54.8 Å². The Balaban J connectivity index is 2.17. The maximum Gasteiger partial charge on any atom is 0.0636 e. The fourth-order valence-electron chi connectivity index (χ4n) is 1.48. The lowest BCUT2D eigenvalue weighted by molar-refractivity contribution is 0.918. The van der Waals surface area contributed by atoms with Gasteiger partial charge in [0.1, 0.15) is 0 Å². The standard InChI is InChI=1S/C12H9Br2ClS/c13-9-1-2-10(11(14)6-9)12(15)5-8-3-4-16-7-8/h1-4,6-7,12H,5H2. The lowest BCUT2D eigenvalue weighted by atomic mass is 10.1. The van der Waals surface area contributed by atoms with Crippen LogP contribution in [-0.4, -0.2) is 0 Å². The number of thiophene rings is 1. The minimum Gasteiger partial charge on any atom is -0.152 e. The Hall–Kier alpha value is 0.170. The quantitative estimate of drug-likeness (QED) is 0.591. The smallest absolute Gasteiger partial charge is 0.0636 e. The average Bonchev–Trinajstić information content (AvgIpc) is 2.70. The molecule has 0 aliphatic rings. The molecule has 1 aromatic carbocycles. The molecule has 0 spiro atoms. The van der Waals surface area contributed by atoms with E-state index in [4.69, 9.17) is 11.6 Å². The van der Waals surface area contributed by atoms with Crippen LogP contribution in [0.3, 0.4) is 0 Å². The van der Waals surface area contributed by atoms with Gasteiger partial charge in [0, 0.05) is 8.95 Å². The third kappa shape index (κ3) is 3.10. The molecule has 0 aliphatic heterocycles. The Bertz CT molecular complexity index is 468. The number of benzene rings is 1. The van der Waals surface area contributed by atoms with Crippen molar-refractivity contribution in [3.63, 3.8) is 0 Å². The lowest BCUT2D eigenvalue weighted by Gasteiger charge is -2.11. The van der Waals surface area contributed by atoms with Crippen LogP contribution in [0, 0.1) is 0 Å². The maximum absolute atomic E-state index is 6.41. The zero-order chi connectivity index (χ0) is 11.5. The second-order valence-corrected chi connectivity index (χ2v) is 6.55. The Morgan fingerprint density at radius 1 is 1.25 bits per heavy atom. The molecule has 0 N–H and O–H groups in total. The molecule has 1 unspecified atom stereocenters. The highest BCUT2D eigenvalue weighted by Crippen LogP contribution is 2.33. The number of halogens is 3. The first-order valence-corrected chi connectivity index (χ1v) is 7.73. The third-order valence-corrected chi connectivity index (χ3v) is 4.60. The van der Waals surface area contributed by atoms with Gasteiger partial charge in [-0.05, 0) is 46.5 Å². The summed E-state index contributed by atoms with van der Waals surface area (Å²) >= 11 is 15.1.